The van der Waals surface area contributed by atoms with Gasteiger partial charge in [-0.3, -0.25) is 0 Å². The molecule has 1 fully saturated rings. The van der Waals surface area contributed by atoms with Gasteiger partial charge in [0.1, 0.15) is 0 Å². The predicted octanol–water partition coefficient (Wildman–Crippen LogP) is 1.29. The van der Waals surface area contributed by atoms with E-state index in [-0.39, 0.29) is 0 Å². The molecule has 1 unspecified atom stereocenters. The Kier molecular flexibility index (Phi) is 3.16. The Morgan fingerprint density at radius 2 is 2.30 bits per heavy atom. The van der Waals surface area contributed by atoms with Gasteiger partial charge in [0.25, 0.3) is 0 Å². The topological polar surface area (TPSA) is 35.2 Å². The Morgan fingerprint density at radius 3 is 2.70 bits per heavy atom. The van der Waals surface area contributed by atoms with E-state index in [1.807, 2.05) is 0 Å². The quantitative estimate of drug-likeness (QED) is 0.643. The first-order valence-electron chi connectivity index (χ1n) is 4.18. The summed E-state index contributed by atoms with van der Waals surface area (Å²) in [5, 5.41) is 0. The van der Waals surface area contributed by atoms with Crippen LogP contribution in [0.3, 0.4) is 0 Å². The molecule has 2 N–H and O–H groups in total. The smallest absolute Gasteiger partial charge is 0.0578 e. The summed E-state index contributed by atoms with van der Waals surface area (Å²) in [4.78, 5) is 0. The predicted molar refractivity (Wildman–Crippen MR) is 41.9 cm³/mol. The lowest BCUT2D eigenvalue weighted by Crippen LogP contribution is -2.27. The van der Waals surface area contributed by atoms with Crippen LogP contribution in [0.25, 0.3) is 0 Å². The SMILES string of the molecule is CC(CCN)OC1CCC1. The second-order valence-corrected chi connectivity index (χ2v) is 3.08. The molecule has 1 aliphatic carbocycles. The van der Waals surface area contributed by atoms with Crippen molar-refractivity contribution in [2.75, 3.05) is 6.54 Å². The molecule has 2 heteroatoms. The van der Waals surface area contributed by atoms with E-state index in [0.717, 1.165) is 13.0 Å². The van der Waals surface area contributed by atoms with Gasteiger partial charge < -0.3 is 10.5 Å². The van der Waals surface area contributed by atoms with Crippen LogP contribution < -0.4 is 5.73 Å². The molecule has 1 aliphatic rings. The summed E-state index contributed by atoms with van der Waals surface area (Å²) in [5.41, 5.74) is 5.38. The van der Waals surface area contributed by atoms with Gasteiger partial charge in [-0.2, -0.15) is 0 Å². The fourth-order valence-corrected chi connectivity index (χ4v) is 1.14. The van der Waals surface area contributed by atoms with Crippen LogP contribution in [0.5, 0.6) is 0 Å². The van der Waals surface area contributed by atoms with Crippen LogP contribution in [0, 0.1) is 0 Å². The highest BCUT2D eigenvalue weighted by atomic mass is 16.5. The maximum absolute atomic E-state index is 5.65. The summed E-state index contributed by atoms with van der Waals surface area (Å²) in [6, 6.07) is 0. The summed E-state index contributed by atoms with van der Waals surface area (Å²) >= 11 is 0. The highest BCUT2D eigenvalue weighted by molar-refractivity contribution is 4.70. The monoisotopic (exact) mass is 143 g/mol. The maximum atomic E-state index is 5.65. The van der Waals surface area contributed by atoms with Gasteiger partial charge in [0, 0.05) is 0 Å². The average Bonchev–Trinajstić information content (AvgIpc) is 1.80. The molecule has 0 aromatic heterocycles. The van der Waals surface area contributed by atoms with Crippen LogP contribution in [0.2, 0.25) is 0 Å². The summed E-state index contributed by atoms with van der Waals surface area (Å²) in [5.74, 6) is 0. The van der Waals surface area contributed by atoms with E-state index < -0.39 is 0 Å². The molecule has 0 heterocycles. The van der Waals surface area contributed by atoms with Crippen LogP contribution in [0.15, 0.2) is 0 Å². The Bertz CT molecular complexity index is 91.3. The first kappa shape index (κ1) is 8.02. The number of hydrogen-bond donors (Lipinski definition) is 1. The molecule has 0 saturated heterocycles. The molecular weight excluding hydrogens is 126 g/mol. The van der Waals surface area contributed by atoms with Gasteiger partial charge in [-0.1, -0.05) is 0 Å². The van der Waals surface area contributed by atoms with Gasteiger partial charge in [-0.25, -0.2) is 0 Å². The molecule has 1 rings (SSSR count). The van der Waals surface area contributed by atoms with E-state index >= 15 is 0 Å². The second kappa shape index (κ2) is 3.94. The zero-order valence-electron chi connectivity index (χ0n) is 6.68. The molecule has 0 aromatic rings. The van der Waals surface area contributed by atoms with Crippen molar-refractivity contribution in [3.8, 4) is 0 Å². The lowest BCUT2D eigenvalue weighted by molar-refractivity contribution is -0.0448. The third kappa shape index (κ3) is 2.27. The van der Waals surface area contributed by atoms with Gasteiger partial charge in [-0.15, -0.1) is 0 Å². The van der Waals surface area contributed by atoms with Crippen molar-refractivity contribution in [3.05, 3.63) is 0 Å². The molecule has 60 valence electrons. The van der Waals surface area contributed by atoms with Crippen LogP contribution in [-0.4, -0.2) is 18.8 Å². The first-order chi connectivity index (χ1) is 4.83. The lowest BCUT2D eigenvalue weighted by atomic mass is 9.96. The highest BCUT2D eigenvalue weighted by Crippen LogP contribution is 2.23. The van der Waals surface area contributed by atoms with E-state index in [1.165, 1.54) is 19.3 Å². The summed E-state index contributed by atoms with van der Waals surface area (Å²) in [6.45, 7) is 2.85. The minimum atomic E-state index is 0.371. The minimum absolute atomic E-state index is 0.371. The average molecular weight is 143 g/mol. The van der Waals surface area contributed by atoms with Crippen LogP contribution in [0.1, 0.15) is 32.6 Å². The molecule has 2 nitrogen and oxygen atoms in total. The third-order valence-corrected chi connectivity index (χ3v) is 2.05. The van der Waals surface area contributed by atoms with Crippen molar-refractivity contribution < 1.29 is 4.74 Å². The van der Waals surface area contributed by atoms with Gasteiger partial charge in [0.05, 0.1) is 12.2 Å². The van der Waals surface area contributed by atoms with Crippen molar-refractivity contribution in [2.24, 2.45) is 5.73 Å². The first-order valence-corrected chi connectivity index (χ1v) is 4.18. The normalized spacial score (nSPS) is 22.2. The van der Waals surface area contributed by atoms with E-state index in [4.69, 9.17) is 10.5 Å². The lowest BCUT2D eigenvalue weighted by Gasteiger charge is -2.28. The zero-order chi connectivity index (χ0) is 7.40. The summed E-state index contributed by atoms with van der Waals surface area (Å²) in [7, 11) is 0. The number of hydrogen-bond acceptors (Lipinski definition) is 2. The van der Waals surface area contributed by atoms with Crippen molar-refractivity contribution in [1.82, 2.24) is 0 Å². The number of rotatable bonds is 4. The van der Waals surface area contributed by atoms with Crippen LogP contribution >= 0.6 is 0 Å². The van der Waals surface area contributed by atoms with Crippen molar-refractivity contribution >= 4 is 0 Å². The van der Waals surface area contributed by atoms with E-state index in [9.17, 15) is 0 Å². The van der Waals surface area contributed by atoms with E-state index in [1.54, 1.807) is 0 Å². The molecule has 10 heavy (non-hydrogen) atoms. The number of ether oxygens (including phenoxy) is 1. The van der Waals surface area contributed by atoms with Gasteiger partial charge in [-0.05, 0) is 39.2 Å². The Morgan fingerprint density at radius 1 is 1.60 bits per heavy atom. The minimum Gasteiger partial charge on any atom is -0.375 e. The molecule has 0 radical (unpaired) electrons. The van der Waals surface area contributed by atoms with Crippen molar-refractivity contribution in [1.29, 1.82) is 0 Å². The van der Waals surface area contributed by atoms with E-state index in [2.05, 4.69) is 6.92 Å². The highest BCUT2D eigenvalue weighted by Gasteiger charge is 2.19. The van der Waals surface area contributed by atoms with Crippen LogP contribution in [-0.2, 0) is 4.74 Å². The Balaban J connectivity index is 1.99. The molecular formula is C8H17NO. The maximum Gasteiger partial charge on any atom is 0.0578 e. The zero-order valence-corrected chi connectivity index (χ0v) is 6.68. The number of nitrogens with two attached hydrogens (primary N) is 1. The standard InChI is InChI=1S/C8H17NO/c1-7(5-6-9)10-8-3-2-4-8/h7-8H,2-6,9H2,1H3. The van der Waals surface area contributed by atoms with Gasteiger partial charge in [0.15, 0.2) is 0 Å². The van der Waals surface area contributed by atoms with Crippen molar-refractivity contribution in [2.45, 2.75) is 44.8 Å². The van der Waals surface area contributed by atoms with E-state index in [0.29, 0.717) is 12.2 Å². The second-order valence-electron chi connectivity index (χ2n) is 3.08. The van der Waals surface area contributed by atoms with Crippen LogP contribution in [0.4, 0.5) is 0 Å². The molecule has 0 bridgehead atoms. The molecule has 1 saturated carbocycles. The van der Waals surface area contributed by atoms with Gasteiger partial charge in [0.2, 0.25) is 0 Å². The summed E-state index contributed by atoms with van der Waals surface area (Å²) in [6.07, 6.45) is 5.79. The fourth-order valence-electron chi connectivity index (χ4n) is 1.14. The molecule has 0 aliphatic heterocycles. The Labute approximate surface area is 62.7 Å². The van der Waals surface area contributed by atoms with Gasteiger partial charge >= 0.3 is 0 Å². The van der Waals surface area contributed by atoms with Crippen molar-refractivity contribution in [3.63, 3.8) is 0 Å². The molecule has 0 amide bonds. The molecule has 1 atom stereocenters. The third-order valence-electron chi connectivity index (χ3n) is 2.05. The Hall–Kier alpha value is -0.0800. The molecule has 0 spiro atoms. The fraction of sp³-hybridized carbons (Fsp3) is 1.00. The molecule has 0 aromatic carbocycles. The summed E-state index contributed by atoms with van der Waals surface area (Å²) < 4.78 is 5.65. The largest absolute Gasteiger partial charge is 0.375 e.